The first kappa shape index (κ1) is 24.3. The molecule has 0 spiro atoms. The van der Waals surface area contributed by atoms with E-state index in [1.165, 1.54) is 11.3 Å². The van der Waals surface area contributed by atoms with Crippen molar-refractivity contribution < 1.29 is 4.74 Å². The van der Waals surface area contributed by atoms with Gasteiger partial charge in [-0.05, 0) is 68.4 Å². The summed E-state index contributed by atoms with van der Waals surface area (Å²) in [6.07, 6.45) is 2.89. The number of rotatable bonds is 7. The van der Waals surface area contributed by atoms with Crippen molar-refractivity contribution in [2.75, 3.05) is 39.4 Å². The summed E-state index contributed by atoms with van der Waals surface area (Å²) in [5.41, 5.74) is 5.56. The van der Waals surface area contributed by atoms with Crippen LogP contribution < -0.4 is 5.32 Å². The Bertz CT molecular complexity index is 1180. The standard InChI is InChI=1S/C27H32ClN5OS/c1-19-18-21(20(2)33(19)24-10-4-3-8-22(24)28)26-25(23-9-5-6-11-29-23)30-27(35)32(26)13-7-12-31-14-16-34-17-15-31/h3-6,8-11,18,25-26H,7,12-17H2,1-2H3,(H,30,35)/t25-,26-/m1/s1. The molecular formula is C27H32ClN5OS. The van der Waals surface area contributed by atoms with E-state index in [2.05, 4.69) is 51.7 Å². The molecule has 2 aliphatic rings. The number of halogens is 1. The topological polar surface area (TPSA) is 45.6 Å². The van der Waals surface area contributed by atoms with Gasteiger partial charge in [-0.15, -0.1) is 0 Å². The second-order valence-electron chi connectivity index (χ2n) is 9.24. The molecule has 2 saturated heterocycles. The Kier molecular flexibility index (Phi) is 7.39. The molecule has 0 bridgehead atoms. The number of benzene rings is 1. The number of morpholine rings is 1. The smallest absolute Gasteiger partial charge is 0.170 e. The molecule has 4 heterocycles. The number of pyridine rings is 1. The van der Waals surface area contributed by atoms with E-state index < -0.39 is 0 Å². The summed E-state index contributed by atoms with van der Waals surface area (Å²) in [6, 6.07) is 16.4. The second-order valence-corrected chi connectivity index (χ2v) is 10.0. The highest BCUT2D eigenvalue weighted by atomic mass is 35.5. The molecule has 0 unspecified atom stereocenters. The van der Waals surface area contributed by atoms with Crippen LogP contribution >= 0.6 is 23.8 Å². The quantitative estimate of drug-likeness (QED) is 0.460. The van der Waals surface area contributed by atoms with Crippen molar-refractivity contribution in [1.29, 1.82) is 0 Å². The fourth-order valence-electron chi connectivity index (χ4n) is 5.37. The van der Waals surface area contributed by atoms with Crippen LogP contribution in [-0.4, -0.2) is 63.9 Å². The van der Waals surface area contributed by atoms with E-state index in [1.807, 2.05) is 36.5 Å². The van der Waals surface area contributed by atoms with Gasteiger partial charge in [-0.25, -0.2) is 0 Å². The molecule has 5 rings (SSSR count). The van der Waals surface area contributed by atoms with Crippen molar-refractivity contribution in [2.24, 2.45) is 0 Å². The van der Waals surface area contributed by atoms with Gasteiger partial charge in [0.05, 0.1) is 41.7 Å². The Balaban J connectivity index is 1.48. The van der Waals surface area contributed by atoms with Gasteiger partial charge in [-0.1, -0.05) is 29.8 Å². The molecule has 2 atom stereocenters. The van der Waals surface area contributed by atoms with Crippen molar-refractivity contribution >= 4 is 28.9 Å². The summed E-state index contributed by atoms with van der Waals surface area (Å²) in [5.74, 6) is 0. The van der Waals surface area contributed by atoms with Crippen LogP contribution in [0.15, 0.2) is 54.7 Å². The molecule has 2 aromatic heterocycles. The minimum atomic E-state index is -0.0210. The van der Waals surface area contributed by atoms with E-state index in [0.29, 0.717) is 0 Å². The van der Waals surface area contributed by atoms with Gasteiger partial charge in [0.25, 0.3) is 0 Å². The zero-order valence-corrected chi connectivity index (χ0v) is 21.9. The lowest BCUT2D eigenvalue weighted by molar-refractivity contribution is 0.0365. The first-order valence-electron chi connectivity index (χ1n) is 12.3. The Morgan fingerprint density at radius 3 is 2.60 bits per heavy atom. The molecule has 184 valence electrons. The zero-order valence-electron chi connectivity index (χ0n) is 20.3. The van der Waals surface area contributed by atoms with Gasteiger partial charge in [0.1, 0.15) is 0 Å². The van der Waals surface area contributed by atoms with E-state index in [-0.39, 0.29) is 12.1 Å². The largest absolute Gasteiger partial charge is 0.379 e. The lowest BCUT2D eigenvalue weighted by Gasteiger charge is -2.30. The van der Waals surface area contributed by atoms with Gasteiger partial charge in [-0.2, -0.15) is 0 Å². The van der Waals surface area contributed by atoms with Crippen LogP contribution in [0.4, 0.5) is 0 Å². The van der Waals surface area contributed by atoms with Crippen LogP contribution in [0.25, 0.3) is 5.69 Å². The lowest BCUT2D eigenvalue weighted by Crippen LogP contribution is -2.39. The van der Waals surface area contributed by atoms with E-state index in [9.17, 15) is 0 Å². The lowest BCUT2D eigenvalue weighted by atomic mass is 9.96. The van der Waals surface area contributed by atoms with Crippen molar-refractivity contribution in [3.05, 3.63) is 82.4 Å². The highest BCUT2D eigenvalue weighted by molar-refractivity contribution is 7.80. The number of hydrogen-bond acceptors (Lipinski definition) is 4. The van der Waals surface area contributed by atoms with E-state index in [0.717, 1.165) is 73.0 Å². The predicted octanol–water partition coefficient (Wildman–Crippen LogP) is 4.84. The first-order valence-corrected chi connectivity index (χ1v) is 13.0. The Morgan fingerprint density at radius 1 is 1.09 bits per heavy atom. The molecule has 0 saturated carbocycles. The number of aryl methyl sites for hydroxylation is 1. The summed E-state index contributed by atoms with van der Waals surface area (Å²) in [5, 5.41) is 5.12. The van der Waals surface area contributed by atoms with Gasteiger partial charge in [-0.3, -0.25) is 9.88 Å². The maximum absolute atomic E-state index is 6.60. The predicted molar refractivity (Wildman–Crippen MR) is 144 cm³/mol. The fraction of sp³-hybridized carbons (Fsp3) is 0.407. The molecule has 8 heteroatoms. The number of hydrogen-bond donors (Lipinski definition) is 1. The van der Waals surface area contributed by atoms with Gasteiger partial charge in [0.2, 0.25) is 0 Å². The van der Waals surface area contributed by atoms with Crippen LogP contribution in [0.5, 0.6) is 0 Å². The third kappa shape index (κ3) is 4.96. The zero-order chi connectivity index (χ0) is 24.4. The van der Waals surface area contributed by atoms with Crippen LogP contribution in [0.3, 0.4) is 0 Å². The normalized spacial score (nSPS) is 20.9. The summed E-state index contributed by atoms with van der Waals surface area (Å²) in [6.45, 7) is 9.88. The van der Waals surface area contributed by atoms with Crippen molar-refractivity contribution in [2.45, 2.75) is 32.4 Å². The van der Waals surface area contributed by atoms with Crippen molar-refractivity contribution in [1.82, 2.24) is 24.7 Å². The highest BCUT2D eigenvalue weighted by Crippen LogP contribution is 2.41. The first-order chi connectivity index (χ1) is 17.0. The average Bonchev–Trinajstić information content (AvgIpc) is 3.35. The van der Waals surface area contributed by atoms with Crippen molar-refractivity contribution in [3.8, 4) is 5.69 Å². The van der Waals surface area contributed by atoms with Gasteiger partial charge < -0.3 is 19.5 Å². The van der Waals surface area contributed by atoms with Crippen LogP contribution in [0, 0.1) is 13.8 Å². The monoisotopic (exact) mass is 509 g/mol. The fourth-order valence-corrected chi connectivity index (χ4v) is 5.92. The Morgan fingerprint density at radius 2 is 1.86 bits per heavy atom. The minimum Gasteiger partial charge on any atom is -0.379 e. The SMILES string of the molecule is Cc1cc([C@@H]2[C@@H](c3ccccn3)NC(=S)N2CCCN2CCOCC2)c(C)n1-c1ccccc1Cl. The maximum Gasteiger partial charge on any atom is 0.170 e. The molecule has 0 aliphatic carbocycles. The number of thiocarbonyl (C=S) groups is 1. The summed E-state index contributed by atoms with van der Waals surface area (Å²) in [7, 11) is 0. The third-order valence-electron chi connectivity index (χ3n) is 7.06. The van der Waals surface area contributed by atoms with E-state index in [4.69, 9.17) is 33.5 Å². The Hall–Kier alpha value is -2.45. The van der Waals surface area contributed by atoms with E-state index >= 15 is 0 Å². The molecule has 0 radical (unpaired) electrons. The molecule has 6 nitrogen and oxygen atoms in total. The average molecular weight is 510 g/mol. The van der Waals surface area contributed by atoms with Gasteiger partial charge in [0, 0.05) is 43.8 Å². The maximum atomic E-state index is 6.60. The molecule has 1 N–H and O–H groups in total. The summed E-state index contributed by atoms with van der Waals surface area (Å²) >= 11 is 12.5. The summed E-state index contributed by atoms with van der Waals surface area (Å²) < 4.78 is 7.75. The number of ether oxygens (including phenoxy) is 1. The molecule has 0 amide bonds. The summed E-state index contributed by atoms with van der Waals surface area (Å²) in [4.78, 5) is 9.52. The molecule has 2 fully saturated rings. The minimum absolute atomic E-state index is 0.0210. The third-order valence-corrected chi connectivity index (χ3v) is 7.73. The number of para-hydroxylation sites is 1. The molecule has 2 aliphatic heterocycles. The Labute approximate surface area is 217 Å². The molecular weight excluding hydrogens is 478 g/mol. The highest BCUT2D eigenvalue weighted by Gasteiger charge is 2.41. The number of nitrogens with one attached hydrogen (secondary N) is 1. The van der Waals surface area contributed by atoms with Gasteiger partial charge in [0.15, 0.2) is 5.11 Å². The van der Waals surface area contributed by atoms with Crippen LogP contribution in [-0.2, 0) is 4.74 Å². The molecule has 3 aromatic rings. The van der Waals surface area contributed by atoms with E-state index in [1.54, 1.807) is 0 Å². The van der Waals surface area contributed by atoms with Crippen LogP contribution in [0.2, 0.25) is 5.02 Å². The van der Waals surface area contributed by atoms with Crippen LogP contribution in [0.1, 0.15) is 41.1 Å². The molecule has 1 aromatic carbocycles. The van der Waals surface area contributed by atoms with Gasteiger partial charge >= 0.3 is 0 Å². The number of nitrogens with zero attached hydrogens (tertiary/aromatic N) is 4. The molecule has 35 heavy (non-hydrogen) atoms. The second kappa shape index (κ2) is 10.7. The van der Waals surface area contributed by atoms with Crippen molar-refractivity contribution in [3.63, 3.8) is 0 Å². The number of aromatic nitrogens is 2.